The average molecular weight is 294 g/mol. The lowest BCUT2D eigenvalue weighted by molar-refractivity contribution is 0.708. The molecule has 0 saturated heterocycles. The van der Waals surface area contributed by atoms with Gasteiger partial charge in [-0.15, -0.1) is 0 Å². The fourth-order valence-corrected chi connectivity index (χ4v) is 3.52. The van der Waals surface area contributed by atoms with Gasteiger partial charge in [-0.2, -0.15) is 0 Å². The fourth-order valence-electron chi connectivity index (χ4n) is 1.97. The van der Waals surface area contributed by atoms with Crippen LogP contribution in [-0.2, 0) is 6.42 Å². The Kier molecular flexibility index (Phi) is 3.41. The molecule has 0 N–H and O–H groups in total. The van der Waals surface area contributed by atoms with E-state index in [0.29, 0.717) is 4.83 Å². The molecule has 3 heteroatoms. The number of hydrogen-bond acceptors (Lipinski definition) is 0. The first-order chi connectivity index (χ1) is 6.70. The Hall–Kier alpha value is 0.280. The van der Waals surface area contributed by atoms with E-state index in [9.17, 15) is 0 Å². The Balaban J connectivity index is 2.57. The lowest BCUT2D eigenvalue weighted by Gasteiger charge is -2.14. The van der Waals surface area contributed by atoms with Crippen molar-refractivity contribution < 1.29 is 0 Å². The molecule has 1 aromatic carbocycles. The Morgan fingerprint density at radius 2 is 1.86 bits per heavy atom. The zero-order valence-electron chi connectivity index (χ0n) is 7.69. The third-order valence-electron chi connectivity index (χ3n) is 2.69. The molecule has 14 heavy (non-hydrogen) atoms. The van der Waals surface area contributed by atoms with Crippen molar-refractivity contribution in [1.29, 1.82) is 0 Å². The molecule has 0 amide bonds. The van der Waals surface area contributed by atoms with Gasteiger partial charge in [-0.1, -0.05) is 45.6 Å². The van der Waals surface area contributed by atoms with Gasteiger partial charge < -0.3 is 0 Å². The zero-order chi connectivity index (χ0) is 10.1. The van der Waals surface area contributed by atoms with Crippen molar-refractivity contribution in [1.82, 2.24) is 0 Å². The Morgan fingerprint density at radius 3 is 2.64 bits per heavy atom. The van der Waals surface area contributed by atoms with Crippen LogP contribution in [0.5, 0.6) is 0 Å². The Morgan fingerprint density at radius 1 is 1.14 bits per heavy atom. The fraction of sp³-hybridized carbons (Fsp3) is 0.455. The number of hydrogen-bond donors (Lipinski definition) is 0. The van der Waals surface area contributed by atoms with Crippen molar-refractivity contribution in [2.75, 3.05) is 0 Å². The molecule has 0 heterocycles. The van der Waals surface area contributed by atoms with Gasteiger partial charge in [-0.05, 0) is 42.5 Å². The second-order valence-corrected chi connectivity index (χ2v) is 5.55. The minimum atomic E-state index is 0.367. The van der Waals surface area contributed by atoms with Crippen LogP contribution >= 0.6 is 39.1 Å². The van der Waals surface area contributed by atoms with Gasteiger partial charge in [0.25, 0.3) is 0 Å². The molecule has 0 aliphatic heterocycles. The molecule has 0 fully saturated rings. The molecule has 0 saturated carbocycles. The summed E-state index contributed by atoms with van der Waals surface area (Å²) < 4.78 is 0. The summed E-state index contributed by atoms with van der Waals surface area (Å²) in [6.45, 7) is 0. The van der Waals surface area contributed by atoms with Crippen LogP contribution in [0, 0.1) is 0 Å². The van der Waals surface area contributed by atoms with Gasteiger partial charge in [-0.3, -0.25) is 0 Å². The second-order valence-electron chi connectivity index (χ2n) is 3.63. The number of benzene rings is 1. The maximum Gasteiger partial charge on any atom is 0.0453 e. The first-order valence-electron chi connectivity index (χ1n) is 4.81. The van der Waals surface area contributed by atoms with Gasteiger partial charge >= 0.3 is 0 Å². The molecule has 0 nitrogen and oxygen atoms in total. The molecule has 76 valence electrons. The van der Waals surface area contributed by atoms with E-state index >= 15 is 0 Å². The molecular weight excluding hydrogens is 283 g/mol. The average Bonchev–Trinajstić information content (AvgIpc) is 2.35. The van der Waals surface area contributed by atoms with Gasteiger partial charge in [0.05, 0.1) is 0 Å². The van der Waals surface area contributed by atoms with Crippen molar-refractivity contribution in [3.63, 3.8) is 0 Å². The van der Waals surface area contributed by atoms with Gasteiger partial charge in [0, 0.05) is 14.9 Å². The molecule has 1 aliphatic carbocycles. The number of alkyl halides is 1. The van der Waals surface area contributed by atoms with E-state index in [1.807, 2.05) is 12.1 Å². The van der Waals surface area contributed by atoms with Crippen molar-refractivity contribution in [2.24, 2.45) is 0 Å². The van der Waals surface area contributed by atoms with Crippen LogP contribution in [0.1, 0.15) is 35.2 Å². The first-order valence-corrected chi connectivity index (χ1v) is 6.48. The molecule has 1 unspecified atom stereocenters. The highest BCUT2D eigenvalue weighted by Crippen LogP contribution is 2.41. The minimum Gasteiger partial charge on any atom is -0.0840 e. The number of fused-ring (bicyclic) bond motifs is 1. The van der Waals surface area contributed by atoms with Gasteiger partial charge in [0.1, 0.15) is 0 Å². The third kappa shape index (κ3) is 1.95. The van der Waals surface area contributed by atoms with E-state index < -0.39 is 0 Å². The number of halogens is 3. The van der Waals surface area contributed by atoms with Crippen LogP contribution in [-0.4, -0.2) is 0 Å². The SMILES string of the molecule is Clc1ccc(Cl)c2c1CCCCC2Br. The van der Waals surface area contributed by atoms with Crippen LogP contribution in [0.2, 0.25) is 10.0 Å². The van der Waals surface area contributed by atoms with Gasteiger partial charge in [-0.25, -0.2) is 0 Å². The van der Waals surface area contributed by atoms with Crippen LogP contribution < -0.4 is 0 Å². The van der Waals surface area contributed by atoms with Crippen molar-refractivity contribution in [2.45, 2.75) is 30.5 Å². The normalized spacial score (nSPS) is 21.5. The van der Waals surface area contributed by atoms with Crippen LogP contribution in [0.15, 0.2) is 12.1 Å². The Bertz CT molecular complexity index is 349. The minimum absolute atomic E-state index is 0.367. The highest BCUT2D eigenvalue weighted by atomic mass is 79.9. The highest BCUT2D eigenvalue weighted by Gasteiger charge is 2.20. The summed E-state index contributed by atoms with van der Waals surface area (Å²) in [4.78, 5) is 0.367. The molecule has 0 radical (unpaired) electrons. The first kappa shape index (κ1) is 10.8. The number of rotatable bonds is 0. The molecule has 0 spiro atoms. The monoisotopic (exact) mass is 292 g/mol. The smallest absolute Gasteiger partial charge is 0.0453 e. The molecule has 2 rings (SSSR count). The molecule has 0 aromatic heterocycles. The van der Waals surface area contributed by atoms with Crippen LogP contribution in [0.3, 0.4) is 0 Å². The van der Waals surface area contributed by atoms with E-state index in [2.05, 4.69) is 15.9 Å². The predicted molar refractivity (Wildman–Crippen MR) is 65.7 cm³/mol. The molecule has 1 aliphatic rings. The highest BCUT2D eigenvalue weighted by molar-refractivity contribution is 9.09. The van der Waals surface area contributed by atoms with Crippen LogP contribution in [0.25, 0.3) is 0 Å². The molecule has 1 atom stereocenters. The van der Waals surface area contributed by atoms with E-state index in [0.717, 1.165) is 22.9 Å². The molecular formula is C11H11BrCl2. The second kappa shape index (κ2) is 4.42. The molecule has 1 aromatic rings. The lowest BCUT2D eigenvalue weighted by atomic mass is 10.0. The van der Waals surface area contributed by atoms with Crippen molar-refractivity contribution >= 4 is 39.1 Å². The molecule has 0 bridgehead atoms. The van der Waals surface area contributed by atoms with Crippen molar-refractivity contribution in [3.05, 3.63) is 33.3 Å². The van der Waals surface area contributed by atoms with Crippen molar-refractivity contribution in [3.8, 4) is 0 Å². The van der Waals surface area contributed by atoms with Gasteiger partial charge in [0.15, 0.2) is 0 Å². The van der Waals surface area contributed by atoms with E-state index in [-0.39, 0.29) is 0 Å². The van der Waals surface area contributed by atoms with Gasteiger partial charge in [0.2, 0.25) is 0 Å². The largest absolute Gasteiger partial charge is 0.0840 e. The summed E-state index contributed by atoms with van der Waals surface area (Å²) in [5.74, 6) is 0. The topological polar surface area (TPSA) is 0 Å². The lowest BCUT2D eigenvalue weighted by Crippen LogP contribution is -1.95. The van der Waals surface area contributed by atoms with E-state index in [1.54, 1.807) is 0 Å². The van der Waals surface area contributed by atoms with Crippen LogP contribution in [0.4, 0.5) is 0 Å². The summed E-state index contributed by atoms with van der Waals surface area (Å²) in [5.41, 5.74) is 2.44. The Labute approximate surface area is 103 Å². The van der Waals surface area contributed by atoms with E-state index in [1.165, 1.54) is 24.0 Å². The zero-order valence-corrected chi connectivity index (χ0v) is 10.8. The summed E-state index contributed by atoms with van der Waals surface area (Å²) in [7, 11) is 0. The summed E-state index contributed by atoms with van der Waals surface area (Å²) in [6, 6.07) is 3.79. The quantitative estimate of drug-likeness (QED) is 0.458. The summed E-state index contributed by atoms with van der Waals surface area (Å²) in [5, 5.41) is 1.70. The third-order valence-corrected chi connectivity index (χ3v) is 4.29. The standard InChI is InChI=1S/C11H11BrCl2/c12-8-4-2-1-3-7-9(13)5-6-10(14)11(7)8/h5-6,8H,1-4H2. The maximum absolute atomic E-state index is 6.19. The maximum atomic E-state index is 6.19. The summed E-state index contributed by atoms with van der Waals surface area (Å²) in [6.07, 6.45) is 4.64. The van der Waals surface area contributed by atoms with E-state index in [4.69, 9.17) is 23.2 Å². The predicted octanol–water partition coefficient (Wildman–Crippen LogP) is 5.16. The summed E-state index contributed by atoms with van der Waals surface area (Å²) >= 11 is 16.0.